The average molecular weight is 565 g/mol. The molecule has 0 aliphatic heterocycles. The van der Waals surface area contributed by atoms with Crippen LogP contribution in [0, 0.1) is 0 Å². The standard InChI is InChI=1S/8CNO.Co.2Fe.Ni/c8*2-1-3;;;;/q8*-1;4*+2. The van der Waals surface area contributed by atoms with Crippen LogP contribution >= 0.6 is 0 Å². The Morgan fingerprint density at radius 1 is 0.321 bits per heavy atom. The number of rotatable bonds is 0. The Morgan fingerprint density at radius 2 is 0.321 bits per heavy atom. The first-order valence-corrected chi connectivity index (χ1v) is 3.42. The molecule has 0 saturated carbocycles. The van der Waals surface area contributed by atoms with Gasteiger partial charge in [0.1, 0.15) is 0 Å². The van der Waals surface area contributed by atoms with Crippen LogP contribution in [-0.2, 0) is 106 Å². The molecule has 0 aromatic heterocycles. The first-order chi connectivity index (χ1) is 11.3. The minimum atomic E-state index is 0. The fraction of sp³-hybridized carbons (Fsp3) is 0. The first kappa shape index (κ1) is 85.0. The van der Waals surface area contributed by atoms with Crippen molar-refractivity contribution in [1.82, 2.24) is 0 Å². The SMILES string of the molecule is [Co+2].[Fe+2].[Fe+2].[N-]=C=O.[N-]=C=O.[N-]=C=O.[N-]=C=O.[N-]=C=O.[N-]=C=O.[N-]=C=O.[N-]=C=O.[Ni+2]. The van der Waals surface area contributed by atoms with Gasteiger partial charge in [-0.3, -0.25) is 38.4 Å². The van der Waals surface area contributed by atoms with E-state index >= 15 is 0 Å². The van der Waals surface area contributed by atoms with Crippen molar-refractivity contribution in [3.63, 3.8) is 0 Å². The summed E-state index contributed by atoms with van der Waals surface area (Å²) in [4.78, 5) is 65.9. The number of carbonyl (C=O) groups excluding carboxylic acids is 8. The van der Waals surface area contributed by atoms with E-state index in [-0.39, 0.29) is 67.4 Å². The summed E-state index contributed by atoms with van der Waals surface area (Å²) in [5.41, 5.74) is 0. The maximum atomic E-state index is 8.24. The molecule has 0 bridgehead atoms. The van der Waals surface area contributed by atoms with Gasteiger partial charge < -0.3 is 43.3 Å². The molecule has 0 amide bonds. The molecular formula is C8CoFe2N8NiO8. The smallest absolute Gasteiger partial charge is 0.724 e. The van der Waals surface area contributed by atoms with Gasteiger partial charge in [0, 0.05) is 0 Å². The monoisotopic (exact) mass is 565 g/mol. The van der Waals surface area contributed by atoms with Crippen LogP contribution in [0.5, 0.6) is 0 Å². The molecule has 16 nitrogen and oxygen atoms in total. The van der Waals surface area contributed by atoms with Gasteiger partial charge in [0.25, 0.3) is 0 Å². The van der Waals surface area contributed by atoms with Crippen molar-refractivity contribution >= 4 is 48.6 Å². The maximum Gasteiger partial charge on any atom is 2.00 e. The summed E-state index contributed by atoms with van der Waals surface area (Å²) < 4.78 is 0. The quantitative estimate of drug-likeness (QED) is 0.201. The third kappa shape index (κ3) is 1320. The molecule has 28 heavy (non-hydrogen) atoms. The molecule has 0 atom stereocenters. The Kier molecular flexibility index (Phi) is 1510. The predicted octanol–water partition coefficient (Wildman–Crippen LogP) is -0.877. The van der Waals surface area contributed by atoms with E-state index in [9.17, 15) is 0 Å². The van der Waals surface area contributed by atoms with E-state index in [1.807, 2.05) is 0 Å². The molecule has 0 aliphatic rings. The van der Waals surface area contributed by atoms with E-state index < -0.39 is 0 Å². The molecule has 0 heterocycles. The van der Waals surface area contributed by atoms with Crippen LogP contribution < -0.4 is 0 Å². The summed E-state index contributed by atoms with van der Waals surface area (Å²) in [5, 5.41) is 54.1. The van der Waals surface area contributed by atoms with Gasteiger partial charge in [-0.2, -0.15) is 0 Å². The van der Waals surface area contributed by atoms with Crippen LogP contribution in [0.4, 0.5) is 0 Å². The zero-order chi connectivity index (χ0) is 21.7. The normalized spacial score (nSPS) is 2.29. The maximum absolute atomic E-state index is 8.24. The van der Waals surface area contributed by atoms with Gasteiger partial charge in [-0.1, -0.05) is 0 Å². The summed E-state index contributed by atoms with van der Waals surface area (Å²) in [7, 11) is 0. The van der Waals surface area contributed by atoms with Gasteiger partial charge in [0.15, 0.2) is 0 Å². The Bertz CT molecular complexity index is 373. The number of isocyanates is 8. The van der Waals surface area contributed by atoms with E-state index in [4.69, 9.17) is 81.6 Å². The largest absolute Gasteiger partial charge is 2.00 e. The minimum Gasteiger partial charge on any atom is -0.724 e. The molecule has 0 spiro atoms. The topological polar surface area (TPSA) is 315 Å². The van der Waals surface area contributed by atoms with Crippen LogP contribution in [0.1, 0.15) is 0 Å². The summed E-state index contributed by atoms with van der Waals surface area (Å²) in [6.45, 7) is 0. The molecule has 0 aromatic carbocycles. The van der Waals surface area contributed by atoms with Gasteiger partial charge in [-0.15, -0.1) is 0 Å². The minimum absolute atomic E-state index is 0. The van der Waals surface area contributed by atoms with Gasteiger partial charge >= 0.3 is 67.4 Å². The van der Waals surface area contributed by atoms with Crippen LogP contribution in [0.15, 0.2) is 0 Å². The van der Waals surface area contributed by atoms with Crippen molar-refractivity contribution < 1.29 is 106 Å². The summed E-state index contributed by atoms with van der Waals surface area (Å²) in [5.74, 6) is 0. The summed E-state index contributed by atoms with van der Waals surface area (Å²) in [6.07, 6.45) is 4.00. The third-order valence-electron chi connectivity index (χ3n) is 0. The van der Waals surface area contributed by atoms with Crippen LogP contribution in [0.25, 0.3) is 43.3 Å². The number of hydrogen-bond donors (Lipinski definition) is 0. The van der Waals surface area contributed by atoms with Crippen molar-refractivity contribution in [1.29, 1.82) is 0 Å². The summed E-state index contributed by atoms with van der Waals surface area (Å²) in [6, 6.07) is 0. The molecular weight excluding hydrogens is 565 g/mol. The molecule has 0 rings (SSSR count). The number of nitrogens with zero attached hydrogens (tertiary/aromatic N) is 8. The van der Waals surface area contributed by atoms with Gasteiger partial charge in [0.05, 0.1) is 0 Å². The Balaban J connectivity index is -0.0000000102. The van der Waals surface area contributed by atoms with Gasteiger partial charge in [0.2, 0.25) is 0 Å². The van der Waals surface area contributed by atoms with E-state index in [1.165, 1.54) is 0 Å². The molecule has 155 valence electrons. The van der Waals surface area contributed by atoms with Crippen LogP contribution in [-0.4, -0.2) is 48.6 Å². The van der Waals surface area contributed by atoms with Gasteiger partial charge in [-0.25, -0.2) is 0 Å². The van der Waals surface area contributed by atoms with E-state index in [2.05, 4.69) is 0 Å². The zero-order valence-corrected chi connectivity index (χ0v) is 16.4. The molecule has 20 heteroatoms. The zero-order valence-electron chi connectivity index (χ0n) is 12.2. The second-order valence-corrected chi connectivity index (χ2v) is 0.730. The van der Waals surface area contributed by atoms with Crippen molar-refractivity contribution in [2.45, 2.75) is 0 Å². The van der Waals surface area contributed by atoms with Crippen LogP contribution in [0.3, 0.4) is 0 Å². The molecule has 0 aliphatic carbocycles. The Labute approximate surface area is 197 Å². The second kappa shape index (κ2) is 497. The Hall–Kier alpha value is -2.92. The van der Waals surface area contributed by atoms with Crippen molar-refractivity contribution in [2.24, 2.45) is 0 Å². The summed E-state index contributed by atoms with van der Waals surface area (Å²) >= 11 is 0. The molecule has 0 saturated heterocycles. The second-order valence-electron chi connectivity index (χ2n) is 0.730. The molecule has 0 unspecified atom stereocenters. The predicted molar refractivity (Wildman–Crippen MR) is 72.4 cm³/mol. The fourth-order valence-electron chi connectivity index (χ4n) is 0. The fourth-order valence-corrected chi connectivity index (χ4v) is 0. The van der Waals surface area contributed by atoms with Gasteiger partial charge in [-0.05, 0) is 48.6 Å². The third-order valence-corrected chi connectivity index (χ3v) is 0. The van der Waals surface area contributed by atoms with Crippen molar-refractivity contribution in [2.75, 3.05) is 0 Å². The van der Waals surface area contributed by atoms with Crippen molar-refractivity contribution in [3.8, 4) is 0 Å². The van der Waals surface area contributed by atoms with Crippen LogP contribution in [0.2, 0.25) is 0 Å². The molecule has 0 fully saturated rings. The number of hydrogen-bond acceptors (Lipinski definition) is 8. The average Bonchev–Trinajstić information content (AvgIpc) is 2.45. The molecule has 0 aromatic rings. The first-order valence-electron chi connectivity index (χ1n) is 3.42. The van der Waals surface area contributed by atoms with E-state index in [0.29, 0.717) is 48.6 Å². The molecule has 0 N–H and O–H groups in total. The molecule has 1 radical (unpaired) electrons. The Morgan fingerprint density at radius 3 is 0.321 bits per heavy atom. The van der Waals surface area contributed by atoms with Crippen molar-refractivity contribution in [3.05, 3.63) is 43.3 Å². The van der Waals surface area contributed by atoms with E-state index in [0.717, 1.165) is 0 Å². The van der Waals surface area contributed by atoms with E-state index in [1.54, 1.807) is 0 Å².